The Morgan fingerprint density at radius 3 is 1.75 bits per heavy atom. The van der Waals surface area contributed by atoms with Crippen LogP contribution in [0.15, 0.2) is 68.6 Å². The fourth-order valence-corrected chi connectivity index (χ4v) is 3.89. The molecule has 3 heteroatoms. The molecule has 0 radical (unpaired) electrons. The van der Waals surface area contributed by atoms with Crippen molar-refractivity contribution in [2.75, 3.05) is 0 Å². The lowest BCUT2D eigenvalue weighted by molar-refractivity contribution is -0.113. The average molecular weight is 446 g/mol. The lowest BCUT2D eigenvalue weighted by atomic mass is 9.81. The summed E-state index contributed by atoms with van der Waals surface area (Å²) in [4.78, 5) is 12.9. The Kier molecular flexibility index (Phi) is 5.52. The van der Waals surface area contributed by atoms with Crippen molar-refractivity contribution < 1.29 is 4.79 Å². The van der Waals surface area contributed by atoms with Crippen LogP contribution >= 0.6 is 31.9 Å². The Morgan fingerprint density at radius 2 is 1.33 bits per heavy atom. The molecule has 122 valence electrons. The molecule has 0 spiro atoms. The number of carbonyl (C=O) groups is 1. The zero-order valence-corrected chi connectivity index (χ0v) is 16.6. The molecule has 0 heterocycles. The monoisotopic (exact) mass is 444 g/mol. The van der Waals surface area contributed by atoms with E-state index in [2.05, 4.69) is 38.8 Å². The van der Waals surface area contributed by atoms with E-state index in [1.54, 1.807) is 0 Å². The lowest BCUT2D eigenvalue weighted by Gasteiger charge is -2.22. The minimum atomic E-state index is 0.174. The van der Waals surface area contributed by atoms with Crippen LogP contribution in [0.1, 0.15) is 30.9 Å². The average Bonchev–Trinajstić information content (AvgIpc) is 2.52. The van der Waals surface area contributed by atoms with Gasteiger partial charge in [-0.3, -0.25) is 4.79 Å². The molecule has 1 saturated carbocycles. The first kappa shape index (κ1) is 17.4. The van der Waals surface area contributed by atoms with Gasteiger partial charge in [0.25, 0.3) is 0 Å². The molecule has 2 aromatic rings. The largest absolute Gasteiger partial charge is 0.289 e. The maximum absolute atomic E-state index is 12.9. The summed E-state index contributed by atoms with van der Waals surface area (Å²) in [6, 6.07) is 16.1. The van der Waals surface area contributed by atoms with Crippen LogP contribution in [0.25, 0.3) is 12.2 Å². The summed E-state index contributed by atoms with van der Waals surface area (Å²) in [7, 11) is 0. The van der Waals surface area contributed by atoms with E-state index >= 15 is 0 Å². The summed E-state index contributed by atoms with van der Waals surface area (Å²) in [5.41, 5.74) is 3.91. The van der Waals surface area contributed by atoms with Crippen LogP contribution in [0.5, 0.6) is 0 Å². The van der Waals surface area contributed by atoms with Crippen LogP contribution in [0.2, 0.25) is 0 Å². The van der Waals surface area contributed by atoms with Gasteiger partial charge in [0.05, 0.1) is 0 Å². The summed E-state index contributed by atoms with van der Waals surface area (Å²) in [6.45, 7) is 2.20. The van der Waals surface area contributed by atoms with E-state index in [9.17, 15) is 4.79 Å². The number of halogens is 2. The van der Waals surface area contributed by atoms with Gasteiger partial charge in [0.1, 0.15) is 0 Å². The Balaban J connectivity index is 1.94. The summed E-state index contributed by atoms with van der Waals surface area (Å²) >= 11 is 6.97. The van der Waals surface area contributed by atoms with Crippen molar-refractivity contribution in [3.63, 3.8) is 0 Å². The SMILES string of the molecule is CC1C/C(=C/c2cccc(Br)c2)C(=O)/C(=C/c2cccc(Br)c2)C1. The predicted octanol–water partition coefficient (Wildman–Crippen LogP) is 6.68. The van der Waals surface area contributed by atoms with E-state index in [0.29, 0.717) is 5.92 Å². The minimum Gasteiger partial charge on any atom is -0.289 e. The van der Waals surface area contributed by atoms with E-state index < -0.39 is 0 Å². The Labute approximate surface area is 159 Å². The van der Waals surface area contributed by atoms with Gasteiger partial charge in [-0.25, -0.2) is 0 Å². The molecule has 3 rings (SSSR count). The highest BCUT2D eigenvalue weighted by atomic mass is 79.9. The summed E-state index contributed by atoms with van der Waals surface area (Å²) in [5.74, 6) is 0.646. The molecule has 0 bridgehead atoms. The number of hydrogen-bond acceptors (Lipinski definition) is 1. The Bertz CT molecular complexity index is 766. The van der Waals surface area contributed by atoms with Crippen molar-refractivity contribution >= 4 is 49.8 Å². The predicted molar refractivity (Wildman–Crippen MR) is 108 cm³/mol. The molecule has 0 N–H and O–H groups in total. The molecular formula is C21H18Br2O. The highest BCUT2D eigenvalue weighted by Gasteiger charge is 2.25. The number of rotatable bonds is 2. The minimum absolute atomic E-state index is 0.174. The maximum Gasteiger partial charge on any atom is 0.185 e. The summed E-state index contributed by atoms with van der Waals surface area (Å²) in [6.07, 6.45) is 5.72. The smallest absolute Gasteiger partial charge is 0.185 e. The normalized spacial score (nSPS) is 21.5. The van der Waals surface area contributed by atoms with Gasteiger partial charge in [-0.05, 0) is 66.3 Å². The molecule has 0 saturated heterocycles. The van der Waals surface area contributed by atoms with Crippen LogP contribution in [0, 0.1) is 5.92 Å². The second-order valence-electron chi connectivity index (χ2n) is 6.29. The van der Waals surface area contributed by atoms with E-state index in [4.69, 9.17) is 0 Å². The summed E-state index contributed by atoms with van der Waals surface area (Å²) < 4.78 is 2.05. The Morgan fingerprint density at radius 1 is 0.875 bits per heavy atom. The first-order valence-electron chi connectivity index (χ1n) is 7.98. The van der Waals surface area contributed by atoms with Crippen molar-refractivity contribution in [3.8, 4) is 0 Å². The van der Waals surface area contributed by atoms with Crippen LogP contribution in [0.3, 0.4) is 0 Å². The zero-order chi connectivity index (χ0) is 17.1. The standard InChI is InChI=1S/C21H18Br2O/c1-14-8-17(10-15-4-2-6-19(22)12-15)21(24)18(9-14)11-16-5-3-7-20(23)13-16/h2-7,10-14H,8-9H2,1H3/b17-10-,18-11+. The quantitative estimate of drug-likeness (QED) is 0.471. The zero-order valence-electron chi connectivity index (χ0n) is 13.4. The molecule has 0 aromatic heterocycles. The van der Waals surface area contributed by atoms with E-state index in [1.807, 2.05) is 60.7 Å². The Hall–Kier alpha value is -1.45. The van der Waals surface area contributed by atoms with Crippen molar-refractivity contribution in [3.05, 3.63) is 79.7 Å². The fourth-order valence-electron chi connectivity index (χ4n) is 3.06. The van der Waals surface area contributed by atoms with Crippen molar-refractivity contribution in [1.29, 1.82) is 0 Å². The molecule has 1 aliphatic rings. The van der Waals surface area contributed by atoms with Gasteiger partial charge in [-0.15, -0.1) is 0 Å². The van der Waals surface area contributed by atoms with Crippen molar-refractivity contribution in [2.24, 2.45) is 5.92 Å². The lowest BCUT2D eigenvalue weighted by Crippen LogP contribution is -2.18. The van der Waals surface area contributed by atoms with Gasteiger partial charge < -0.3 is 0 Å². The number of allylic oxidation sites excluding steroid dienone is 2. The van der Waals surface area contributed by atoms with Crippen LogP contribution in [-0.2, 0) is 4.79 Å². The second-order valence-corrected chi connectivity index (χ2v) is 8.12. The third-order valence-electron chi connectivity index (χ3n) is 4.10. The molecule has 2 aromatic carbocycles. The molecular weight excluding hydrogens is 428 g/mol. The third-order valence-corrected chi connectivity index (χ3v) is 5.09. The molecule has 0 aliphatic heterocycles. The number of benzene rings is 2. The molecule has 1 fully saturated rings. The molecule has 1 unspecified atom stereocenters. The number of ketones is 1. The van der Waals surface area contributed by atoms with Gasteiger partial charge in [0.15, 0.2) is 5.78 Å². The van der Waals surface area contributed by atoms with Gasteiger partial charge in [0.2, 0.25) is 0 Å². The van der Waals surface area contributed by atoms with Crippen LogP contribution in [0.4, 0.5) is 0 Å². The third kappa shape index (κ3) is 4.34. The van der Waals surface area contributed by atoms with Crippen molar-refractivity contribution in [1.82, 2.24) is 0 Å². The van der Waals surface area contributed by atoms with Crippen molar-refractivity contribution in [2.45, 2.75) is 19.8 Å². The first-order chi connectivity index (χ1) is 11.5. The van der Waals surface area contributed by atoms with Gasteiger partial charge in [-0.2, -0.15) is 0 Å². The molecule has 0 amide bonds. The van der Waals surface area contributed by atoms with Gasteiger partial charge >= 0.3 is 0 Å². The van der Waals surface area contributed by atoms with Gasteiger partial charge in [-0.1, -0.05) is 63.0 Å². The van der Waals surface area contributed by atoms with E-state index in [1.165, 1.54) is 0 Å². The molecule has 24 heavy (non-hydrogen) atoms. The number of hydrogen-bond donors (Lipinski definition) is 0. The molecule has 1 nitrogen and oxygen atoms in total. The highest BCUT2D eigenvalue weighted by Crippen LogP contribution is 2.32. The summed E-state index contributed by atoms with van der Waals surface area (Å²) in [5, 5.41) is 0. The molecule has 1 atom stereocenters. The first-order valence-corrected chi connectivity index (χ1v) is 9.57. The van der Waals surface area contributed by atoms with E-state index in [-0.39, 0.29) is 5.78 Å². The fraction of sp³-hybridized carbons (Fsp3) is 0.190. The van der Waals surface area contributed by atoms with Gasteiger partial charge in [0, 0.05) is 20.1 Å². The van der Waals surface area contributed by atoms with Crippen LogP contribution < -0.4 is 0 Å². The maximum atomic E-state index is 12.9. The van der Waals surface area contributed by atoms with Crippen LogP contribution in [-0.4, -0.2) is 5.78 Å². The topological polar surface area (TPSA) is 17.1 Å². The molecule has 1 aliphatic carbocycles. The number of Topliss-reactive ketones (excluding diaryl/α,β-unsaturated/α-hetero) is 1. The van der Waals surface area contributed by atoms with E-state index in [0.717, 1.165) is 44.1 Å². The second kappa shape index (κ2) is 7.62. The number of carbonyl (C=O) groups excluding carboxylic acids is 1. The highest BCUT2D eigenvalue weighted by molar-refractivity contribution is 9.10.